The van der Waals surface area contributed by atoms with Crippen molar-refractivity contribution in [1.29, 1.82) is 0 Å². The summed E-state index contributed by atoms with van der Waals surface area (Å²) in [7, 11) is 4.18. The lowest BCUT2D eigenvalue weighted by molar-refractivity contribution is 0.418. The summed E-state index contributed by atoms with van der Waals surface area (Å²) in [6.07, 6.45) is 8.28. The Balaban J connectivity index is 0.000000249. The standard InChI is InChI=1S/C7H17N.C5H11N/c1-3-4-5-6-7-8-2;1-6-4-2-3-5-6/h8H,3-7H2,1-2H3;2-5H2,1H3. The van der Waals surface area contributed by atoms with Crippen LogP contribution >= 0.6 is 0 Å². The molecule has 0 aromatic carbocycles. The summed E-state index contributed by atoms with van der Waals surface area (Å²) in [5.41, 5.74) is 0. The summed E-state index contributed by atoms with van der Waals surface area (Å²) < 4.78 is 0. The van der Waals surface area contributed by atoms with E-state index in [-0.39, 0.29) is 0 Å². The zero-order valence-corrected chi connectivity index (χ0v) is 10.3. The number of nitrogens with zero attached hydrogens (tertiary/aromatic N) is 1. The smallest absolute Gasteiger partial charge is 0.00213 e. The predicted octanol–water partition coefficient (Wildman–Crippen LogP) is 2.50. The molecule has 1 aliphatic heterocycles. The summed E-state index contributed by atoms with van der Waals surface area (Å²) in [4.78, 5) is 2.36. The van der Waals surface area contributed by atoms with Crippen molar-refractivity contribution in [2.75, 3.05) is 33.7 Å². The van der Waals surface area contributed by atoms with Crippen LogP contribution < -0.4 is 5.32 Å². The molecule has 1 saturated heterocycles. The largest absolute Gasteiger partial charge is 0.320 e. The van der Waals surface area contributed by atoms with Gasteiger partial charge in [0, 0.05) is 0 Å². The first-order valence-electron chi connectivity index (χ1n) is 6.14. The van der Waals surface area contributed by atoms with Gasteiger partial charge >= 0.3 is 0 Å². The molecule has 0 saturated carbocycles. The van der Waals surface area contributed by atoms with Crippen LogP contribution in [0.1, 0.15) is 45.4 Å². The van der Waals surface area contributed by atoms with E-state index in [9.17, 15) is 0 Å². The van der Waals surface area contributed by atoms with E-state index in [0.717, 1.165) is 0 Å². The summed E-state index contributed by atoms with van der Waals surface area (Å²) in [5.74, 6) is 0. The van der Waals surface area contributed by atoms with Gasteiger partial charge in [0.1, 0.15) is 0 Å². The quantitative estimate of drug-likeness (QED) is 0.686. The van der Waals surface area contributed by atoms with E-state index in [4.69, 9.17) is 0 Å². The molecular formula is C12H28N2. The minimum Gasteiger partial charge on any atom is -0.320 e. The van der Waals surface area contributed by atoms with Gasteiger partial charge < -0.3 is 10.2 Å². The van der Waals surface area contributed by atoms with Crippen LogP contribution in [0, 0.1) is 0 Å². The minimum atomic E-state index is 1.18. The maximum absolute atomic E-state index is 3.13. The first-order valence-corrected chi connectivity index (χ1v) is 6.14. The zero-order chi connectivity index (χ0) is 10.6. The molecule has 1 heterocycles. The molecule has 0 atom stereocenters. The fraction of sp³-hybridized carbons (Fsp3) is 1.00. The summed E-state index contributed by atoms with van der Waals surface area (Å²) >= 11 is 0. The maximum Gasteiger partial charge on any atom is -0.00213 e. The van der Waals surface area contributed by atoms with Gasteiger partial charge in [0.15, 0.2) is 0 Å². The van der Waals surface area contributed by atoms with Crippen molar-refractivity contribution < 1.29 is 0 Å². The molecule has 0 bridgehead atoms. The molecule has 1 N–H and O–H groups in total. The number of hydrogen-bond donors (Lipinski definition) is 1. The zero-order valence-electron chi connectivity index (χ0n) is 10.3. The number of rotatable bonds is 5. The van der Waals surface area contributed by atoms with Crippen molar-refractivity contribution in [2.45, 2.75) is 45.4 Å². The van der Waals surface area contributed by atoms with E-state index < -0.39 is 0 Å². The molecular weight excluding hydrogens is 172 g/mol. The normalized spacial score (nSPS) is 16.5. The van der Waals surface area contributed by atoms with Gasteiger partial charge in [-0.05, 0) is 53.0 Å². The Kier molecular flexibility index (Phi) is 10.9. The first kappa shape index (κ1) is 13.9. The third kappa shape index (κ3) is 10.0. The van der Waals surface area contributed by atoms with Crippen LogP contribution in [0.15, 0.2) is 0 Å². The molecule has 0 amide bonds. The highest BCUT2D eigenvalue weighted by Crippen LogP contribution is 2.02. The Morgan fingerprint density at radius 3 is 2.07 bits per heavy atom. The van der Waals surface area contributed by atoms with Gasteiger partial charge in [-0.25, -0.2) is 0 Å². The van der Waals surface area contributed by atoms with Crippen LogP contribution in [-0.4, -0.2) is 38.6 Å². The molecule has 2 nitrogen and oxygen atoms in total. The van der Waals surface area contributed by atoms with E-state index in [0.29, 0.717) is 0 Å². The van der Waals surface area contributed by atoms with E-state index >= 15 is 0 Å². The molecule has 0 unspecified atom stereocenters. The molecule has 1 rings (SSSR count). The van der Waals surface area contributed by atoms with Crippen LogP contribution in [0.25, 0.3) is 0 Å². The summed E-state index contributed by atoms with van der Waals surface area (Å²) in [6, 6.07) is 0. The van der Waals surface area contributed by atoms with Gasteiger partial charge in [-0.3, -0.25) is 0 Å². The molecule has 0 aliphatic carbocycles. The van der Waals surface area contributed by atoms with Gasteiger partial charge in [-0.1, -0.05) is 26.2 Å². The van der Waals surface area contributed by atoms with Gasteiger partial charge in [0.25, 0.3) is 0 Å². The van der Waals surface area contributed by atoms with Crippen molar-refractivity contribution in [2.24, 2.45) is 0 Å². The van der Waals surface area contributed by atoms with Crippen molar-refractivity contribution >= 4 is 0 Å². The minimum absolute atomic E-state index is 1.18. The predicted molar refractivity (Wildman–Crippen MR) is 64.8 cm³/mol. The molecule has 0 aromatic heterocycles. The fourth-order valence-corrected chi connectivity index (χ4v) is 1.60. The molecule has 2 heteroatoms. The van der Waals surface area contributed by atoms with Crippen LogP contribution in [-0.2, 0) is 0 Å². The molecule has 86 valence electrons. The lowest BCUT2D eigenvalue weighted by Gasteiger charge is -2.01. The SMILES string of the molecule is CCCCCCNC.CN1CCCC1. The Labute approximate surface area is 90.1 Å². The van der Waals surface area contributed by atoms with Crippen LogP contribution in [0.4, 0.5) is 0 Å². The lowest BCUT2D eigenvalue weighted by atomic mass is 10.2. The fourth-order valence-electron chi connectivity index (χ4n) is 1.60. The Morgan fingerprint density at radius 1 is 1.07 bits per heavy atom. The van der Waals surface area contributed by atoms with Gasteiger partial charge in [-0.2, -0.15) is 0 Å². The van der Waals surface area contributed by atoms with E-state index in [2.05, 4.69) is 24.2 Å². The molecule has 1 aliphatic rings. The van der Waals surface area contributed by atoms with Crippen molar-refractivity contribution in [1.82, 2.24) is 10.2 Å². The van der Waals surface area contributed by atoms with E-state index in [1.807, 2.05) is 7.05 Å². The second kappa shape index (κ2) is 11.0. The topological polar surface area (TPSA) is 15.3 Å². The highest BCUT2D eigenvalue weighted by atomic mass is 15.1. The number of nitrogens with one attached hydrogen (secondary N) is 1. The number of likely N-dealkylation sites (tertiary alicyclic amines) is 1. The van der Waals surface area contributed by atoms with E-state index in [1.54, 1.807) is 0 Å². The van der Waals surface area contributed by atoms with Crippen LogP contribution in [0.3, 0.4) is 0 Å². The van der Waals surface area contributed by atoms with Crippen LogP contribution in [0.2, 0.25) is 0 Å². The van der Waals surface area contributed by atoms with Crippen molar-refractivity contribution in [3.8, 4) is 0 Å². The summed E-state index contributed by atoms with van der Waals surface area (Å²) in [5, 5.41) is 3.13. The average Bonchev–Trinajstić information content (AvgIpc) is 2.65. The maximum atomic E-state index is 3.13. The third-order valence-electron chi connectivity index (χ3n) is 2.61. The van der Waals surface area contributed by atoms with Gasteiger partial charge in [0.05, 0.1) is 0 Å². The van der Waals surface area contributed by atoms with Crippen molar-refractivity contribution in [3.63, 3.8) is 0 Å². The molecule has 0 spiro atoms. The second-order valence-corrected chi connectivity index (χ2v) is 4.17. The molecule has 0 radical (unpaired) electrons. The Morgan fingerprint density at radius 2 is 1.71 bits per heavy atom. The highest BCUT2D eigenvalue weighted by Gasteiger charge is 2.03. The highest BCUT2D eigenvalue weighted by molar-refractivity contribution is 4.59. The Hall–Kier alpha value is -0.0800. The lowest BCUT2D eigenvalue weighted by Crippen LogP contribution is -2.10. The van der Waals surface area contributed by atoms with Crippen molar-refractivity contribution in [3.05, 3.63) is 0 Å². The molecule has 14 heavy (non-hydrogen) atoms. The molecule has 1 fully saturated rings. The first-order chi connectivity index (χ1) is 6.81. The third-order valence-corrected chi connectivity index (χ3v) is 2.61. The molecule has 0 aromatic rings. The van der Waals surface area contributed by atoms with Gasteiger partial charge in [-0.15, -0.1) is 0 Å². The van der Waals surface area contributed by atoms with Gasteiger partial charge in [0.2, 0.25) is 0 Å². The van der Waals surface area contributed by atoms with E-state index in [1.165, 1.54) is 58.2 Å². The van der Waals surface area contributed by atoms with Crippen LogP contribution in [0.5, 0.6) is 0 Å². The average molecular weight is 200 g/mol. The summed E-state index contributed by atoms with van der Waals surface area (Å²) in [6.45, 7) is 6.05. The Bertz CT molecular complexity index is 92.5. The monoisotopic (exact) mass is 200 g/mol. The number of unbranched alkanes of at least 4 members (excludes halogenated alkanes) is 3. The second-order valence-electron chi connectivity index (χ2n) is 4.17. The number of hydrogen-bond acceptors (Lipinski definition) is 2.